The molecule has 0 radical (unpaired) electrons. The zero-order valence-electron chi connectivity index (χ0n) is 15.7. The number of aromatic nitrogens is 2. The van der Waals surface area contributed by atoms with Crippen LogP contribution in [0, 0.1) is 0 Å². The van der Waals surface area contributed by atoms with Crippen LogP contribution in [0.15, 0.2) is 35.2 Å². The van der Waals surface area contributed by atoms with Gasteiger partial charge in [0.2, 0.25) is 5.91 Å². The Balaban J connectivity index is 0.000000298. The number of carboxylic acid groups (broad SMARTS) is 1. The van der Waals surface area contributed by atoms with Crippen LogP contribution in [0.2, 0.25) is 0 Å². The Labute approximate surface area is 164 Å². The minimum Gasteiger partial charge on any atom is -0.475 e. The lowest BCUT2D eigenvalue weighted by Gasteiger charge is -2.39. The maximum atomic E-state index is 12.4. The predicted octanol–water partition coefficient (Wildman–Crippen LogP) is 2.42. The number of furan rings is 1. The Bertz CT molecular complexity index is 850. The number of rotatable bonds is 3. The third-order valence-corrected chi connectivity index (χ3v) is 5.03. The number of likely N-dealkylation sites (tertiary alicyclic amines) is 1. The molecule has 2 aromatic heterocycles. The van der Waals surface area contributed by atoms with Gasteiger partial charge in [0.1, 0.15) is 5.76 Å². The lowest BCUT2D eigenvalue weighted by Crippen LogP contribution is -2.52. The van der Waals surface area contributed by atoms with E-state index in [1.807, 2.05) is 30.3 Å². The summed E-state index contributed by atoms with van der Waals surface area (Å²) in [6, 6.07) is 4.60. The van der Waals surface area contributed by atoms with E-state index >= 15 is 0 Å². The number of fused-ring (bicyclic) bond motifs is 1. The number of alkyl halides is 3. The number of carbonyl (C=O) groups excluding carboxylic acids is 1. The molecule has 158 valence electrons. The summed E-state index contributed by atoms with van der Waals surface area (Å²) < 4.78 is 39.0. The van der Waals surface area contributed by atoms with Gasteiger partial charge in [-0.2, -0.15) is 18.3 Å². The number of carbonyl (C=O) groups is 2. The van der Waals surface area contributed by atoms with Crippen LogP contribution in [0.25, 0.3) is 0 Å². The normalized spacial score (nSPS) is 22.2. The number of hydrogen-bond donors (Lipinski definition) is 1. The van der Waals surface area contributed by atoms with Crippen LogP contribution in [0.5, 0.6) is 0 Å². The average Bonchev–Trinajstić information content (AvgIpc) is 3.37. The van der Waals surface area contributed by atoms with Gasteiger partial charge in [-0.25, -0.2) is 4.79 Å². The van der Waals surface area contributed by atoms with Crippen LogP contribution in [0.4, 0.5) is 18.9 Å². The molecule has 2 fully saturated rings. The molecule has 4 rings (SSSR count). The minimum atomic E-state index is -5.08. The smallest absolute Gasteiger partial charge is 0.475 e. The summed E-state index contributed by atoms with van der Waals surface area (Å²) in [5.74, 6) is -1.55. The highest BCUT2D eigenvalue weighted by Crippen LogP contribution is 2.35. The molecule has 2 atom stereocenters. The summed E-state index contributed by atoms with van der Waals surface area (Å²) in [7, 11) is 1.88. The highest BCUT2D eigenvalue weighted by Gasteiger charge is 2.44. The van der Waals surface area contributed by atoms with Crippen molar-refractivity contribution < 1.29 is 32.3 Å². The van der Waals surface area contributed by atoms with Crippen LogP contribution in [0.3, 0.4) is 0 Å². The van der Waals surface area contributed by atoms with Gasteiger partial charge in [-0.05, 0) is 25.0 Å². The van der Waals surface area contributed by atoms with E-state index in [0.29, 0.717) is 12.5 Å². The van der Waals surface area contributed by atoms with Gasteiger partial charge >= 0.3 is 12.1 Å². The number of hydrogen-bond acceptors (Lipinski definition) is 5. The lowest BCUT2D eigenvalue weighted by molar-refractivity contribution is -0.192. The summed E-state index contributed by atoms with van der Waals surface area (Å²) in [5, 5.41) is 11.3. The number of anilines is 1. The molecule has 8 nitrogen and oxygen atoms in total. The molecule has 0 aromatic carbocycles. The van der Waals surface area contributed by atoms with Crippen molar-refractivity contribution >= 4 is 17.6 Å². The molecule has 2 aromatic rings. The van der Waals surface area contributed by atoms with E-state index in [1.165, 1.54) is 0 Å². The number of amides is 1. The van der Waals surface area contributed by atoms with Crippen molar-refractivity contribution in [3.8, 4) is 0 Å². The summed E-state index contributed by atoms with van der Waals surface area (Å²) in [4.78, 5) is 25.7. The predicted molar refractivity (Wildman–Crippen MR) is 94.9 cm³/mol. The minimum absolute atomic E-state index is 0.217. The topological polar surface area (TPSA) is 91.8 Å². The van der Waals surface area contributed by atoms with Crippen molar-refractivity contribution in [2.45, 2.75) is 44.1 Å². The first-order valence-corrected chi connectivity index (χ1v) is 9.04. The van der Waals surface area contributed by atoms with Crippen molar-refractivity contribution in [2.75, 3.05) is 11.4 Å². The van der Waals surface area contributed by atoms with E-state index in [2.05, 4.69) is 10.00 Å². The molecule has 1 N–H and O–H groups in total. The van der Waals surface area contributed by atoms with Gasteiger partial charge in [0, 0.05) is 32.3 Å². The van der Waals surface area contributed by atoms with E-state index in [4.69, 9.17) is 14.3 Å². The van der Waals surface area contributed by atoms with Gasteiger partial charge in [-0.1, -0.05) is 0 Å². The molecular weight excluding hydrogens is 393 g/mol. The van der Waals surface area contributed by atoms with E-state index in [9.17, 15) is 18.0 Å². The van der Waals surface area contributed by atoms with Crippen LogP contribution in [0.1, 0.15) is 25.0 Å². The van der Waals surface area contributed by atoms with Gasteiger partial charge < -0.3 is 14.4 Å². The Hall–Kier alpha value is -2.82. The number of aryl methyl sites for hydroxylation is 1. The Morgan fingerprint density at radius 3 is 2.62 bits per heavy atom. The first-order valence-electron chi connectivity index (χ1n) is 9.04. The first kappa shape index (κ1) is 20.9. The number of aliphatic carboxylic acids is 1. The molecule has 0 saturated carbocycles. The summed E-state index contributed by atoms with van der Waals surface area (Å²) in [5.41, 5.74) is 0.919. The monoisotopic (exact) mass is 414 g/mol. The van der Waals surface area contributed by atoms with E-state index in [1.54, 1.807) is 17.1 Å². The molecule has 1 amide bonds. The van der Waals surface area contributed by atoms with Gasteiger partial charge in [0.15, 0.2) is 0 Å². The third-order valence-electron chi connectivity index (χ3n) is 5.03. The van der Waals surface area contributed by atoms with Crippen molar-refractivity contribution in [1.29, 1.82) is 0 Å². The van der Waals surface area contributed by atoms with Gasteiger partial charge in [0.05, 0.1) is 30.7 Å². The van der Waals surface area contributed by atoms with Crippen LogP contribution in [-0.2, 0) is 23.2 Å². The molecule has 11 heteroatoms. The molecule has 29 heavy (non-hydrogen) atoms. The average molecular weight is 414 g/mol. The highest BCUT2D eigenvalue weighted by molar-refractivity contribution is 5.94. The van der Waals surface area contributed by atoms with Crippen molar-refractivity contribution in [3.05, 3.63) is 36.5 Å². The number of carboxylic acids is 1. The summed E-state index contributed by atoms with van der Waals surface area (Å²) in [6.45, 7) is 1.82. The summed E-state index contributed by atoms with van der Waals surface area (Å²) >= 11 is 0. The number of piperidine rings is 1. The van der Waals surface area contributed by atoms with Gasteiger partial charge in [-0.15, -0.1) is 0 Å². The molecule has 0 unspecified atom stereocenters. The highest BCUT2D eigenvalue weighted by atomic mass is 19.4. The lowest BCUT2D eigenvalue weighted by atomic mass is 9.96. The number of nitrogens with zero attached hydrogens (tertiary/aromatic N) is 4. The molecule has 2 saturated heterocycles. The molecule has 2 aliphatic rings. The Morgan fingerprint density at radius 1 is 1.34 bits per heavy atom. The Kier molecular flexibility index (Phi) is 5.96. The maximum Gasteiger partial charge on any atom is 0.490 e. The summed E-state index contributed by atoms with van der Waals surface area (Å²) in [6.07, 6.45) is 2.89. The first-order chi connectivity index (χ1) is 13.7. The van der Waals surface area contributed by atoms with Crippen LogP contribution < -0.4 is 4.90 Å². The number of halogens is 3. The van der Waals surface area contributed by atoms with Crippen LogP contribution >= 0.6 is 0 Å². The molecule has 0 aliphatic carbocycles. The molecule has 0 bridgehead atoms. The molecule has 4 heterocycles. The van der Waals surface area contributed by atoms with Gasteiger partial charge in [0.25, 0.3) is 0 Å². The fraction of sp³-hybridized carbons (Fsp3) is 0.500. The van der Waals surface area contributed by atoms with Crippen LogP contribution in [-0.4, -0.2) is 56.5 Å². The molecule has 0 spiro atoms. The van der Waals surface area contributed by atoms with Crippen molar-refractivity contribution in [1.82, 2.24) is 14.7 Å². The standard InChI is InChI=1S/C16H20N4O2.C2HF3O2/c1-18-10-12(9-17-18)20-15-6-7-19(11-13-3-2-8-22-13)14(15)4-5-16(20)21;3-2(4,5)1(6)7/h2-3,8-10,14-15H,4-7,11H2,1H3;(H,6,7)/t14-,15-;/m1./s1. The zero-order chi connectivity index (χ0) is 21.2. The van der Waals surface area contributed by atoms with E-state index < -0.39 is 12.1 Å². The molecular formula is C18H21F3N4O4. The largest absolute Gasteiger partial charge is 0.490 e. The molecule has 2 aliphatic heterocycles. The van der Waals surface area contributed by atoms with Gasteiger partial charge in [-0.3, -0.25) is 14.4 Å². The Morgan fingerprint density at radius 2 is 2.07 bits per heavy atom. The van der Waals surface area contributed by atoms with Crippen molar-refractivity contribution in [3.63, 3.8) is 0 Å². The SMILES string of the molecule is Cn1cc(N2C(=O)CC[C@@H]3[C@H]2CCN3Cc2ccco2)cn1.O=C(O)C(F)(F)F. The second kappa shape index (κ2) is 8.27. The quantitative estimate of drug-likeness (QED) is 0.830. The van der Waals surface area contributed by atoms with E-state index in [-0.39, 0.29) is 11.9 Å². The fourth-order valence-corrected chi connectivity index (χ4v) is 3.82. The third kappa shape index (κ3) is 4.78. The maximum absolute atomic E-state index is 12.4. The fourth-order valence-electron chi connectivity index (χ4n) is 3.82. The van der Waals surface area contributed by atoms with Crippen molar-refractivity contribution in [2.24, 2.45) is 7.05 Å². The second-order valence-electron chi connectivity index (χ2n) is 6.95. The van der Waals surface area contributed by atoms with E-state index in [0.717, 1.165) is 37.4 Å². The second-order valence-corrected chi connectivity index (χ2v) is 6.95. The zero-order valence-corrected chi connectivity index (χ0v) is 15.7.